The quantitative estimate of drug-likeness (QED) is 0.932. The number of likely N-dealkylation sites (tertiary alicyclic amines) is 1. The van der Waals surface area contributed by atoms with E-state index in [1.165, 1.54) is 17.0 Å². The lowest BCUT2D eigenvalue weighted by molar-refractivity contribution is -0.147. The topological polar surface area (TPSA) is 57.6 Å². The molecule has 1 aliphatic heterocycles. The second-order valence-corrected chi connectivity index (χ2v) is 5.81. The van der Waals surface area contributed by atoms with Crippen LogP contribution in [0, 0.1) is 5.41 Å². The highest BCUT2D eigenvalue weighted by Gasteiger charge is 2.42. The van der Waals surface area contributed by atoms with Crippen LogP contribution in [0.1, 0.15) is 24.5 Å². The molecule has 0 aromatic heterocycles. The number of benzene rings is 1. The van der Waals surface area contributed by atoms with Crippen LogP contribution in [0.3, 0.4) is 0 Å². The van der Waals surface area contributed by atoms with Gasteiger partial charge in [0.15, 0.2) is 0 Å². The normalized spacial score (nSPS) is 21.9. The third-order valence-corrected chi connectivity index (χ3v) is 3.95. The SMILES string of the molecule is C[C@]1(C(=O)O)CCN(C(=O)Cc2cccc(C(F)(F)F)c2)C1. The van der Waals surface area contributed by atoms with Crippen molar-refractivity contribution in [3.05, 3.63) is 35.4 Å². The van der Waals surface area contributed by atoms with E-state index in [0.29, 0.717) is 13.0 Å². The molecule has 120 valence electrons. The second kappa shape index (κ2) is 5.62. The predicted octanol–water partition coefficient (Wildman–Crippen LogP) is 2.57. The van der Waals surface area contributed by atoms with E-state index in [4.69, 9.17) is 5.11 Å². The molecule has 1 fully saturated rings. The molecule has 0 bridgehead atoms. The van der Waals surface area contributed by atoms with Crippen molar-refractivity contribution in [1.82, 2.24) is 4.90 Å². The van der Waals surface area contributed by atoms with Crippen LogP contribution in [0.4, 0.5) is 13.2 Å². The number of rotatable bonds is 3. The number of hydrogen-bond donors (Lipinski definition) is 1. The van der Waals surface area contributed by atoms with Gasteiger partial charge in [0.1, 0.15) is 0 Å². The molecule has 2 rings (SSSR count). The van der Waals surface area contributed by atoms with Crippen LogP contribution in [0.2, 0.25) is 0 Å². The van der Waals surface area contributed by atoms with Crippen LogP contribution in [0.5, 0.6) is 0 Å². The van der Waals surface area contributed by atoms with E-state index >= 15 is 0 Å². The van der Waals surface area contributed by atoms with Crippen molar-refractivity contribution in [2.45, 2.75) is 25.9 Å². The molecule has 0 saturated carbocycles. The van der Waals surface area contributed by atoms with E-state index in [2.05, 4.69) is 0 Å². The van der Waals surface area contributed by atoms with Gasteiger partial charge in [0.2, 0.25) is 5.91 Å². The zero-order chi connectivity index (χ0) is 16.5. The third-order valence-electron chi connectivity index (χ3n) is 3.95. The molecule has 1 aromatic rings. The first-order valence-electron chi connectivity index (χ1n) is 6.79. The van der Waals surface area contributed by atoms with Gasteiger partial charge in [-0.1, -0.05) is 18.2 Å². The fraction of sp³-hybridized carbons (Fsp3) is 0.467. The van der Waals surface area contributed by atoms with E-state index in [1.54, 1.807) is 6.92 Å². The van der Waals surface area contributed by atoms with Crippen LogP contribution in [0.15, 0.2) is 24.3 Å². The molecular weight excluding hydrogens is 299 g/mol. The fourth-order valence-electron chi connectivity index (χ4n) is 2.49. The molecule has 1 aromatic carbocycles. The molecule has 0 aliphatic carbocycles. The molecule has 1 aliphatic rings. The molecule has 7 heteroatoms. The summed E-state index contributed by atoms with van der Waals surface area (Å²) in [5.41, 5.74) is -1.51. The maximum Gasteiger partial charge on any atom is 0.416 e. The minimum absolute atomic E-state index is 0.0835. The zero-order valence-electron chi connectivity index (χ0n) is 12.0. The van der Waals surface area contributed by atoms with Crippen molar-refractivity contribution in [3.63, 3.8) is 0 Å². The number of alkyl halides is 3. The highest BCUT2D eigenvalue weighted by atomic mass is 19.4. The van der Waals surface area contributed by atoms with E-state index in [9.17, 15) is 22.8 Å². The third kappa shape index (κ3) is 3.40. The Bertz CT molecular complexity index is 600. The number of aliphatic carboxylic acids is 1. The molecule has 1 heterocycles. The molecular formula is C15H16F3NO3. The molecule has 4 nitrogen and oxygen atoms in total. The molecule has 1 N–H and O–H groups in total. The molecule has 1 saturated heterocycles. The van der Waals surface area contributed by atoms with Gasteiger partial charge in [-0.15, -0.1) is 0 Å². The van der Waals surface area contributed by atoms with Crippen molar-refractivity contribution < 1.29 is 27.9 Å². The van der Waals surface area contributed by atoms with Gasteiger partial charge in [0.25, 0.3) is 0 Å². The number of amides is 1. The fourth-order valence-corrected chi connectivity index (χ4v) is 2.49. The molecule has 0 radical (unpaired) electrons. The van der Waals surface area contributed by atoms with E-state index in [-0.39, 0.29) is 24.4 Å². The molecule has 0 spiro atoms. The monoisotopic (exact) mass is 315 g/mol. The molecule has 0 unspecified atom stereocenters. The number of carboxylic acid groups (broad SMARTS) is 1. The zero-order valence-corrected chi connectivity index (χ0v) is 12.0. The predicted molar refractivity (Wildman–Crippen MR) is 72.1 cm³/mol. The van der Waals surface area contributed by atoms with Gasteiger partial charge in [0.05, 0.1) is 17.4 Å². The highest BCUT2D eigenvalue weighted by molar-refractivity contribution is 5.82. The Labute approximate surface area is 125 Å². The lowest BCUT2D eigenvalue weighted by Gasteiger charge is -2.20. The minimum Gasteiger partial charge on any atom is -0.481 e. The Balaban J connectivity index is 2.06. The summed E-state index contributed by atoms with van der Waals surface area (Å²) in [7, 11) is 0. The summed E-state index contributed by atoms with van der Waals surface area (Å²) < 4.78 is 37.9. The van der Waals surface area contributed by atoms with Crippen molar-refractivity contribution in [1.29, 1.82) is 0 Å². The van der Waals surface area contributed by atoms with Gasteiger partial charge in [-0.2, -0.15) is 13.2 Å². The highest BCUT2D eigenvalue weighted by Crippen LogP contribution is 2.31. The summed E-state index contributed by atoms with van der Waals surface area (Å²) in [5, 5.41) is 9.12. The summed E-state index contributed by atoms with van der Waals surface area (Å²) >= 11 is 0. The van der Waals surface area contributed by atoms with E-state index in [0.717, 1.165) is 12.1 Å². The summed E-state index contributed by atoms with van der Waals surface area (Å²) in [6.07, 6.45) is -4.27. The Kier molecular flexibility index (Phi) is 4.17. The van der Waals surface area contributed by atoms with Crippen molar-refractivity contribution in [2.24, 2.45) is 5.41 Å². The standard InChI is InChI=1S/C15H16F3NO3/c1-14(13(21)22)5-6-19(9-14)12(20)8-10-3-2-4-11(7-10)15(16,17)18/h2-4,7H,5-6,8-9H2,1H3,(H,21,22)/t14-/m0/s1. The number of halogens is 3. The first-order chi connectivity index (χ1) is 10.1. The van der Waals surface area contributed by atoms with Gasteiger partial charge in [0, 0.05) is 13.1 Å². The minimum atomic E-state index is -4.45. The number of nitrogens with zero attached hydrogens (tertiary/aromatic N) is 1. The number of carbonyl (C=O) groups is 2. The van der Waals surface area contributed by atoms with Crippen molar-refractivity contribution in [3.8, 4) is 0 Å². The lowest BCUT2D eigenvalue weighted by Crippen LogP contribution is -2.35. The maximum absolute atomic E-state index is 12.6. The van der Waals surface area contributed by atoms with Gasteiger partial charge in [-0.25, -0.2) is 0 Å². The average Bonchev–Trinajstić information content (AvgIpc) is 2.82. The van der Waals surface area contributed by atoms with Crippen LogP contribution in [-0.4, -0.2) is 35.0 Å². The Hall–Kier alpha value is -2.05. The largest absolute Gasteiger partial charge is 0.481 e. The van der Waals surface area contributed by atoms with Crippen molar-refractivity contribution >= 4 is 11.9 Å². The van der Waals surface area contributed by atoms with Gasteiger partial charge >= 0.3 is 12.1 Å². The van der Waals surface area contributed by atoms with E-state index in [1.807, 2.05) is 0 Å². The van der Waals surface area contributed by atoms with Crippen molar-refractivity contribution in [2.75, 3.05) is 13.1 Å². The Morgan fingerprint density at radius 3 is 2.59 bits per heavy atom. The molecule has 1 amide bonds. The maximum atomic E-state index is 12.6. The lowest BCUT2D eigenvalue weighted by atomic mass is 9.90. The summed E-state index contributed by atoms with van der Waals surface area (Å²) in [4.78, 5) is 24.7. The van der Waals surface area contributed by atoms with Crippen LogP contribution in [0.25, 0.3) is 0 Å². The average molecular weight is 315 g/mol. The summed E-state index contributed by atoms with van der Waals surface area (Å²) in [6, 6.07) is 4.62. The molecule has 1 atom stereocenters. The Morgan fingerprint density at radius 2 is 2.05 bits per heavy atom. The van der Waals surface area contributed by atoms with Gasteiger partial charge in [-0.05, 0) is 25.0 Å². The van der Waals surface area contributed by atoms with Gasteiger partial charge < -0.3 is 10.0 Å². The van der Waals surface area contributed by atoms with Crippen LogP contribution < -0.4 is 0 Å². The summed E-state index contributed by atoms with van der Waals surface area (Å²) in [6.45, 7) is 1.95. The second-order valence-electron chi connectivity index (χ2n) is 5.81. The number of hydrogen-bond acceptors (Lipinski definition) is 2. The van der Waals surface area contributed by atoms with Crippen LogP contribution in [-0.2, 0) is 22.2 Å². The summed E-state index contributed by atoms with van der Waals surface area (Å²) in [5.74, 6) is -1.33. The Morgan fingerprint density at radius 1 is 1.36 bits per heavy atom. The van der Waals surface area contributed by atoms with E-state index < -0.39 is 23.1 Å². The smallest absolute Gasteiger partial charge is 0.416 e. The molecule has 22 heavy (non-hydrogen) atoms. The first-order valence-corrected chi connectivity index (χ1v) is 6.79. The van der Waals surface area contributed by atoms with Gasteiger partial charge in [-0.3, -0.25) is 9.59 Å². The first kappa shape index (κ1) is 16.3. The van der Waals surface area contributed by atoms with Crippen LogP contribution >= 0.6 is 0 Å². The number of carbonyl (C=O) groups excluding carboxylic acids is 1. The number of carboxylic acids is 1.